The van der Waals surface area contributed by atoms with Crippen LogP contribution in [0.4, 0.5) is 0 Å². The van der Waals surface area contributed by atoms with Gasteiger partial charge in [-0.1, -0.05) is 49.0 Å². The molecule has 1 atom stereocenters. The molecule has 0 aliphatic carbocycles. The Morgan fingerprint density at radius 3 is 2.88 bits per heavy atom. The van der Waals surface area contributed by atoms with Crippen LogP contribution in [0.15, 0.2) is 35.5 Å². The molecular formula is C13H15N3S. The molecule has 88 valence electrons. The molecule has 3 rings (SSSR count). The highest BCUT2D eigenvalue weighted by Crippen LogP contribution is 2.30. The second kappa shape index (κ2) is 4.53. The Morgan fingerprint density at radius 2 is 2.06 bits per heavy atom. The van der Waals surface area contributed by atoms with Crippen molar-refractivity contribution in [3.63, 3.8) is 0 Å². The largest absolute Gasteiger partial charge is 0.305 e. The minimum Gasteiger partial charge on any atom is -0.305 e. The van der Waals surface area contributed by atoms with E-state index >= 15 is 0 Å². The third-order valence-corrected chi connectivity index (χ3v) is 4.08. The lowest BCUT2D eigenvalue weighted by Gasteiger charge is -2.03. The first-order valence-electron chi connectivity index (χ1n) is 5.95. The second-order valence-corrected chi connectivity index (χ2v) is 5.83. The molecule has 0 amide bonds. The summed E-state index contributed by atoms with van der Waals surface area (Å²) >= 11 is 1.82. The smallest absolute Gasteiger partial charge is 0.191 e. The number of rotatable bonds is 3. The van der Waals surface area contributed by atoms with E-state index in [9.17, 15) is 0 Å². The maximum Gasteiger partial charge on any atom is 0.191 e. The minimum atomic E-state index is 0.635. The zero-order valence-electron chi connectivity index (χ0n) is 9.84. The van der Waals surface area contributed by atoms with Gasteiger partial charge in [0.05, 0.1) is 0 Å². The summed E-state index contributed by atoms with van der Waals surface area (Å²) in [5.74, 6) is 1.13. The average Bonchev–Trinajstić information content (AvgIpc) is 2.87. The number of aryl methyl sites for hydroxylation is 2. The molecule has 1 aromatic carbocycles. The van der Waals surface area contributed by atoms with E-state index in [1.807, 2.05) is 11.8 Å². The van der Waals surface area contributed by atoms with Crippen LogP contribution in [0, 0.1) is 0 Å². The average molecular weight is 245 g/mol. The summed E-state index contributed by atoms with van der Waals surface area (Å²) in [7, 11) is 0. The summed E-state index contributed by atoms with van der Waals surface area (Å²) in [4.78, 5) is 0. The summed E-state index contributed by atoms with van der Waals surface area (Å²) in [6.07, 6.45) is 2.02. The van der Waals surface area contributed by atoms with Crippen LogP contribution >= 0.6 is 11.8 Å². The van der Waals surface area contributed by atoms with Gasteiger partial charge in [0, 0.05) is 18.2 Å². The van der Waals surface area contributed by atoms with Gasteiger partial charge in [-0.05, 0) is 12.0 Å². The zero-order chi connectivity index (χ0) is 11.7. The van der Waals surface area contributed by atoms with Gasteiger partial charge in [0.1, 0.15) is 5.82 Å². The second-order valence-electron chi connectivity index (χ2n) is 4.42. The van der Waals surface area contributed by atoms with Crippen molar-refractivity contribution in [3.05, 3.63) is 41.7 Å². The number of nitrogens with zero attached hydrogens (tertiary/aromatic N) is 3. The number of thioether (sulfide) groups is 1. The lowest BCUT2D eigenvalue weighted by Crippen LogP contribution is -2.07. The lowest BCUT2D eigenvalue weighted by atomic mass is 10.1. The molecule has 0 bridgehead atoms. The first kappa shape index (κ1) is 10.8. The molecule has 1 aliphatic heterocycles. The number of hydrogen-bond acceptors (Lipinski definition) is 3. The van der Waals surface area contributed by atoms with E-state index in [4.69, 9.17) is 0 Å². The molecular weight excluding hydrogens is 230 g/mol. The molecule has 1 aromatic heterocycles. The molecule has 0 saturated carbocycles. The molecule has 1 aliphatic rings. The van der Waals surface area contributed by atoms with Crippen molar-refractivity contribution in [2.45, 2.75) is 36.7 Å². The van der Waals surface area contributed by atoms with E-state index in [1.165, 1.54) is 5.56 Å². The van der Waals surface area contributed by atoms with E-state index in [0.717, 1.165) is 30.4 Å². The van der Waals surface area contributed by atoms with Gasteiger partial charge in [0.15, 0.2) is 5.16 Å². The molecule has 4 heteroatoms. The van der Waals surface area contributed by atoms with Gasteiger partial charge in [-0.2, -0.15) is 0 Å². The molecule has 0 N–H and O–H groups in total. The highest BCUT2D eigenvalue weighted by atomic mass is 32.2. The molecule has 0 radical (unpaired) electrons. The zero-order valence-corrected chi connectivity index (χ0v) is 10.7. The van der Waals surface area contributed by atoms with Gasteiger partial charge >= 0.3 is 0 Å². The monoisotopic (exact) mass is 245 g/mol. The Hall–Kier alpha value is -1.29. The van der Waals surface area contributed by atoms with Crippen molar-refractivity contribution in [1.29, 1.82) is 0 Å². The maximum atomic E-state index is 4.28. The van der Waals surface area contributed by atoms with Crippen LogP contribution < -0.4 is 0 Å². The predicted molar refractivity (Wildman–Crippen MR) is 69.2 cm³/mol. The van der Waals surface area contributed by atoms with Crippen LogP contribution in [-0.4, -0.2) is 20.0 Å². The standard InChI is InChI=1S/C13H15N3S/c1-10-9-16-12(14-15-13(16)17-10)8-7-11-5-3-2-4-6-11/h2-6,10H,7-9H2,1H3/t10-/m0/s1. The van der Waals surface area contributed by atoms with Gasteiger partial charge in [0.25, 0.3) is 0 Å². The predicted octanol–water partition coefficient (Wildman–Crippen LogP) is 2.56. The van der Waals surface area contributed by atoms with Crippen LogP contribution in [0.3, 0.4) is 0 Å². The molecule has 2 heterocycles. The van der Waals surface area contributed by atoms with E-state index in [-0.39, 0.29) is 0 Å². The van der Waals surface area contributed by atoms with Crippen LogP contribution in [0.5, 0.6) is 0 Å². The van der Waals surface area contributed by atoms with Crippen molar-refractivity contribution >= 4 is 11.8 Å². The van der Waals surface area contributed by atoms with Gasteiger partial charge in [-0.25, -0.2) is 0 Å². The lowest BCUT2D eigenvalue weighted by molar-refractivity contribution is 0.627. The highest BCUT2D eigenvalue weighted by Gasteiger charge is 2.23. The number of hydrogen-bond donors (Lipinski definition) is 0. The molecule has 0 unspecified atom stereocenters. The highest BCUT2D eigenvalue weighted by molar-refractivity contribution is 7.99. The Bertz CT molecular complexity index is 507. The Kier molecular flexibility index (Phi) is 2.89. The number of fused-ring (bicyclic) bond motifs is 1. The van der Waals surface area contributed by atoms with E-state index < -0.39 is 0 Å². The molecule has 2 aromatic rings. The van der Waals surface area contributed by atoms with Crippen LogP contribution in [0.25, 0.3) is 0 Å². The normalized spacial score (nSPS) is 18.3. The molecule has 0 fully saturated rings. The Morgan fingerprint density at radius 1 is 1.24 bits per heavy atom. The third kappa shape index (κ3) is 2.22. The summed E-state index contributed by atoms with van der Waals surface area (Å²) in [6, 6.07) is 10.6. The quantitative estimate of drug-likeness (QED) is 0.832. The minimum absolute atomic E-state index is 0.635. The molecule has 0 saturated heterocycles. The maximum absolute atomic E-state index is 4.28. The fourth-order valence-electron chi connectivity index (χ4n) is 2.15. The van der Waals surface area contributed by atoms with Crippen LogP contribution in [0.1, 0.15) is 18.3 Å². The van der Waals surface area contributed by atoms with E-state index in [1.54, 1.807) is 0 Å². The van der Waals surface area contributed by atoms with Crippen LogP contribution in [0.2, 0.25) is 0 Å². The van der Waals surface area contributed by atoms with Crippen molar-refractivity contribution in [3.8, 4) is 0 Å². The third-order valence-electron chi connectivity index (χ3n) is 3.02. The Labute approximate surface area is 105 Å². The van der Waals surface area contributed by atoms with Crippen molar-refractivity contribution < 1.29 is 0 Å². The van der Waals surface area contributed by atoms with Gasteiger partial charge in [-0.3, -0.25) is 0 Å². The summed E-state index contributed by atoms with van der Waals surface area (Å²) in [5.41, 5.74) is 1.36. The van der Waals surface area contributed by atoms with Gasteiger partial charge < -0.3 is 4.57 Å². The number of benzene rings is 1. The summed E-state index contributed by atoms with van der Waals surface area (Å²) in [5, 5.41) is 10.2. The van der Waals surface area contributed by atoms with Gasteiger partial charge in [-0.15, -0.1) is 10.2 Å². The molecule has 0 spiro atoms. The number of aromatic nitrogens is 3. The van der Waals surface area contributed by atoms with Gasteiger partial charge in [0.2, 0.25) is 0 Å². The molecule has 17 heavy (non-hydrogen) atoms. The van der Waals surface area contributed by atoms with Crippen molar-refractivity contribution in [2.75, 3.05) is 0 Å². The first-order chi connectivity index (χ1) is 8.33. The Balaban J connectivity index is 1.71. The fourth-order valence-corrected chi connectivity index (χ4v) is 3.13. The van der Waals surface area contributed by atoms with Crippen molar-refractivity contribution in [1.82, 2.24) is 14.8 Å². The topological polar surface area (TPSA) is 30.7 Å². The first-order valence-corrected chi connectivity index (χ1v) is 6.83. The summed E-state index contributed by atoms with van der Waals surface area (Å²) < 4.78 is 2.26. The SMILES string of the molecule is C[C@H]1Cn2c(CCc3ccccc3)nnc2S1. The van der Waals surface area contributed by atoms with Crippen LogP contribution in [-0.2, 0) is 19.4 Å². The van der Waals surface area contributed by atoms with Crippen molar-refractivity contribution in [2.24, 2.45) is 0 Å². The van der Waals surface area contributed by atoms with E-state index in [0.29, 0.717) is 5.25 Å². The summed E-state index contributed by atoms with van der Waals surface area (Å²) in [6.45, 7) is 3.29. The fraction of sp³-hybridized carbons (Fsp3) is 0.385. The van der Waals surface area contributed by atoms with E-state index in [2.05, 4.69) is 52.0 Å². The molecule has 3 nitrogen and oxygen atoms in total.